The second-order valence-electron chi connectivity index (χ2n) is 6.02. The van der Waals surface area contributed by atoms with Crippen LogP contribution in [0, 0.1) is 0 Å². The topological polar surface area (TPSA) is 58.6 Å². The maximum atomic E-state index is 13.0. The van der Waals surface area contributed by atoms with Gasteiger partial charge < -0.3 is 10.1 Å². The smallest absolute Gasteiger partial charge is 0.278 e. The Hall–Kier alpha value is -3.08. The van der Waals surface area contributed by atoms with E-state index in [-0.39, 0.29) is 23.6 Å². The summed E-state index contributed by atoms with van der Waals surface area (Å²) >= 11 is 0. The Morgan fingerprint density at radius 3 is 2.20 bits per heavy atom. The molecule has 1 heterocycles. The normalized spacial score (nSPS) is 14.5. The zero-order chi connectivity index (χ0) is 18.0. The van der Waals surface area contributed by atoms with Crippen molar-refractivity contribution in [1.29, 1.82) is 0 Å². The standard InChI is InChI=1S/C20H20N2O3/c1-13(2)22-19(23)17(15-11-7-8-12-16(15)25-3)18(20(22)24)21-14-9-5-4-6-10-14/h4-13,21H,1-3H3. The van der Waals surface area contributed by atoms with E-state index in [1.807, 2.05) is 56.3 Å². The molecule has 25 heavy (non-hydrogen) atoms. The SMILES string of the molecule is COc1ccccc1C1=C(Nc2ccccc2)C(=O)N(C(C)C)C1=O. The van der Waals surface area contributed by atoms with Gasteiger partial charge in [0.25, 0.3) is 11.8 Å². The molecule has 5 nitrogen and oxygen atoms in total. The van der Waals surface area contributed by atoms with Crippen LogP contribution in [0.5, 0.6) is 5.75 Å². The van der Waals surface area contributed by atoms with Crippen LogP contribution < -0.4 is 10.1 Å². The maximum Gasteiger partial charge on any atom is 0.278 e. The van der Waals surface area contributed by atoms with Gasteiger partial charge in [0.1, 0.15) is 11.4 Å². The maximum absolute atomic E-state index is 13.0. The molecule has 1 aliphatic heterocycles. The van der Waals surface area contributed by atoms with Crippen molar-refractivity contribution in [2.45, 2.75) is 19.9 Å². The van der Waals surface area contributed by atoms with Crippen LogP contribution in [0.15, 0.2) is 60.3 Å². The molecule has 0 radical (unpaired) electrons. The molecule has 2 aromatic rings. The van der Waals surface area contributed by atoms with Gasteiger partial charge in [0, 0.05) is 17.3 Å². The Morgan fingerprint density at radius 2 is 1.56 bits per heavy atom. The molecule has 128 valence electrons. The summed E-state index contributed by atoms with van der Waals surface area (Å²) in [6, 6.07) is 16.3. The minimum atomic E-state index is -0.329. The number of anilines is 1. The van der Waals surface area contributed by atoms with E-state index in [2.05, 4.69) is 5.32 Å². The largest absolute Gasteiger partial charge is 0.496 e. The van der Waals surface area contributed by atoms with E-state index in [1.165, 1.54) is 4.90 Å². The summed E-state index contributed by atoms with van der Waals surface area (Å²) in [6.45, 7) is 3.64. The predicted octanol–water partition coefficient (Wildman–Crippen LogP) is 3.30. The number of ether oxygens (including phenoxy) is 1. The number of carbonyl (C=O) groups excluding carboxylic acids is 2. The van der Waals surface area contributed by atoms with Crippen molar-refractivity contribution >= 4 is 23.1 Å². The lowest BCUT2D eigenvalue weighted by molar-refractivity contribution is -0.138. The van der Waals surface area contributed by atoms with E-state index in [1.54, 1.807) is 19.2 Å². The monoisotopic (exact) mass is 336 g/mol. The molecule has 0 spiro atoms. The third-order valence-electron chi connectivity index (χ3n) is 4.05. The van der Waals surface area contributed by atoms with Crippen molar-refractivity contribution < 1.29 is 14.3 Å². The van der Waals surface area contributed by atoms with Gasteiger partial charge in [-0.05, 0) is 32.0 Å². The van der Waals surface area contributed by atoms with Gasteiger partial charge in [-0.2, -0.15) is 0 Å². The van der Waals surface area contributed by atoms with Crippen molar-refractivity contribution in [3.8, 4) is 5.75 Å². The van der Waals surface area contributed by atoms with Gasteiger partial charge in [-0.1, -0.05) is 36.4 Å². The lowest BCUT2D eigenvalue weighted by Gasteiger charge is -2.19. The highest BCUT2D eigenvalue weighted by molar-refractivity contribution is 6.37. The quantitative estimate of drug-likeness (QED) is 0.851. The number of para-hydroxylation sites is 2. The summed E-state index contributed by atoms with van der Waals surface area (Å²) in [5.41, 5.74) is 1.95. The summed E-state index contributed by atoms with van der Waals surface area (Å²) < 4.78 is 5.39. The average molecular weight is 336 g/mol. The van der Waals surface area contributed by atoms with E-state index in [0.29, 0.717) is 16.9 Å². The highest BCUT2D eigenvalue weighted by Crippen LogP contribution is 2.35. The molecule has 0 aliphatic carbocycles. The summed E-state index contributed by atoms with van der Waals surface area (Å²) in [6.07, 6.45) is 0. The Bertz CT molecular complexity index is 841. The average Bonchev–Trinajstić information content (AvgIpc) is 2.86. The molecule has 0 fully saturated rings. The fourth-order valence-corrected chi connectivity index (χ4v) is 2.90. The first kappa shape index (κ1) is 16.8. The van der Waals surface area contributed by atoms with Gasteiger partial charge in [-0.3, -0.25) is 14.5 Å². The molecular formula is C20H20N2O3. The molecule has 0 saturated carbocycles. The first-order chi connectivity index (χ1) is 12.0. The highest BCUT2D eigenvalue weighted by Gasteiger charge is 2.41. The van der Waals surface area contributed by atoms with Crippen LogP contribution in [0.25, 0.3) is 5.57 Å². The van der Waals surface area contributed by atoms with Crippen molar-refractivity contribution in [1.82, 2.24) is 4.90 Å². The Morgan fingerprint density at radius 1 is 0.920 bits per heavy atom. The number of nitrogens with zero attached hydrogens (tertiary/aromatic N) is 1. The first-order valence-corrected chi connectivity index (χ1v) is 8.12. The third kappa shape index (κ3) is 3.01. The molecular weight excluding hydrogens is 316 g/mol. The minimum absolute atomic E-state index is 0.236. The van der Waals surface area contributed by atoms with E-state index in [0.717, 1.165) is 5.69 Å². The van der Waals surface area contributed by atoms with Crippen LogP contribution >= 0.6 is 0 Å². The number of benzene rings is 2. The van der Waals surface area contributed by atoms with Crippen LogP contribution in [0.3, 0.4) is 0 Å². The summed E-state index contributed by atoms with van der Waals surface area (Å²) in [4.78, 5) is 27.1. The highest BCUT2D eigenvalue weighted by atomic mass is 16.5. The number of hydrogen-bond donors (Lipinski definition) is 1. The number of rotatable bonds is 5. The van der Waals surface area contributed by atoms with E-state index < -0.39 is 0 Å². The van der Waals surface area contributed by atoms with Gasteiger partial charge in [-0.15, -0.1) is 0 Å². The van der Waals surface area contributed by atoms with E-state index in [9.17, 15) is 9.59 Å². The minimum Gasteiger partial charge on any atom is -0.496 e. The van der Waals surface area contributed by atoms with Gasteiger partial charge in [0.2, 0.25) is 0 Å². The second-order valence-corrected chi connectivity index (χ2v) is 6.02. The fourth-order valence-electron chi connectivity index (χ4n) is 2.90. The van der Waals surface area contributed by atoms with Crippen LogP contribution in [-0.2, 0) is 9.59 Å². The Kier molecular flexibility index (Phi) is 4.57. The lowest BCUT2D eigenvalue weighted by atomic mass is 10.0. The van der Waals surface area contributed by atoms with Gasteiger partial charge in [-0.25, -0.2) is 0 Å². The van der Waals surface area contributed by atoms with E-state index >= 15 is 0 Å². The molecule has 1 aliphatic rings. The van der Waals surface area contributed by atoms with Crippen molar-refractivity contribution in [3.63, 3.8) is 0 Å². The fraction of sp³-hybridized carbons (Fsp3) is 0.200. The number of imide groups is 1. The molecule has 0 bridgehead atoms. The second kappa shape index (κ2) is 6.81. The van der Waals surface area contributed by atoms with Gasteiger partial charge in [0.05, 0.1) is 12.7 Å². The van der Waals surface area contributed by atoms with E-state index in [4.69, 9.17) is 4.74 Å². The zero-order valence-electron chi connectivity index (χ0n) is 14.4. The molecule has 0 saturated heterocycles. The number of methoxy groups -OCH3 is 1. The van der Waals surface area contributed by atoms with Gasteiger partial charge >= 0.3 is 0 Å². The predicted molar refractivity (Wildman–Crippen MR) is 97.0 cm³/mol. The first-order valence-electron chi connectivity index (χ1n) is 8.12. The van der Waals surface area contributed by atoms with Crippen LogP contribution in [-0.4, -0.2) is 29.9 Å². The zero-order valence-corrected chi connectivity index (χ0v) is 14.4. The molecule has 0 aromatic heterocycles. The third-order valence-corrected chi connectivity index (χ3v) is 4.05. The number of amides is 2. The Balaban J connectivity index is 2.16. The number of carbonyl (C=O) groups is 2. The van der Waals surface area contributed by atoms with Crippen molar-refractivity contribution in [3.05, 3.63) is 65.9 Å². The van der Waals surface area contributed by atoms with Crippen LogP contribution in [0.4, 0.5) is 5.69 Å². The number of nitrogens with one attached hydrogen (secondary N) is 1. The van der Waals surface area contributed by atoms with Gasteiger partial charge in [0.15, 0.2) is 0 Å². The summed E-state index contributed by atoms with van der Waals surface area (Å²) in [7, 11) is 1.55. The van der Waals surface area contributed by atoms with Crippen molar-refractivity contribution in [2.75, 3.05) is 12.4 Å². The van der Waals surface area contributed by atoms with Crippen molar-refractivity contribution in [2.24, 2.45) is 0 Å². The molecule has 1 N–H and O–H groups in total. The summed E-state index contributed by atoms with van der Waals surface area (Å²) in [5, 5.41) is 3.12. The molecule has 3 rings (SSSR count). The lowest BCUT2D eigenvalue weighted by Crippen LogP contribution is -2.38. The van der Waals surface area contributed by atoms with Crippen LogP contribution in [0.2, 0.25) is 0 Å². The molecule has 2 aromatic carbocycles. The molecule has 0 unspecified atom stereocenters. The van der Waals surface area contributed by atoms with Crippen LogP contribution in [0.1, 0.15) is 19.4 Å². The Labute approximate surface area is 146 Å². The number of hydrogen-bond acceptors (Lipinski definition) is 4. The molecule has 5 heteroatoms. The summed E-state index contributed by atoms with van der Waals surface area (Å²) in [5.74, 6) is -0.0932. The molecule has 0 atom stereocenters. The molecule has 2 amide bonds.